The first-order valence-electron chi connectivity index (χ1n) is 6.38. The van der Waals surface area contributed by atoms with E-state index in [4.69, 9.17) is 23.7 Å². The molecule has 0 N–H and O–H groups in total. The maximum absolute atomic E-state index is 5.61. The molecule has 1 rings (SSSR count). The number of hydrogen-bond donors (Lipinski definition) is 0. The SMILES string of the molecule is CCOc1[c]ccc(OC(OC)OCC)c1OCC. The van der Waals surface area contributed by atoms with Crippen molar-refractivity contribution in [1.82, 2.24) is 0 Å². The van der Waals surface area contributed by atoms with E-state index in [2.05, 4.69) is 6.07 Å². The Morgan fingerprint density at radius 3 is 2.42 bits per heavy atom. The lowest BCUT2D eigenvalue weighted by molar-refractivity contribution is -0.231. The van der Waals surface area contributed by atoms with Crippen LogP contribution in [0.5, 0.6) is 17.2 Å². The maximum atomic E-state index is 5.61. The van der Waals surface area contributed by atoms with Gasteiger partial charge in [0, 0.05) is 13.2 Å². The summed E-state index contributed by atoms with van der Waals surface area (Å²) in [6.07, 6.45) is 0. The molecule has 0 aliphatic carbocycles. The number of ether oxygens (including phenoxy) is 5. The number of benzene rings is 1. The summed E-state index contributed by atoms with van der Waals surface area (Å²) in [5, 5.41) is 0. The fraction of sp³-hybridized carbons (Fsp3) is 0.571. The van der Waals surface area contributed by atoms with Crippen molar-refractivity contribution in [3.63, 3.8) is 0 Å². The Morgan fingerprint density at radius 1 is 1.11 bits per heavy atom. The molecule has 0 heterocycles. The van der Waals surface area contributed by atoms with Gasteiger partial charge in [-0.1, -0.05) is 0 Å². The normalized spacial score (nSPS) is 12.0. The molecule has 5 heteroatoms. The molecule has 0 saturated carbocycles. The van der Waals surface area contributed by atoms with Crippen LogP contribution in [-0.2, 0) is 9.47 Å². The molecule has 1 aromatic rings. The Morgan fingerprint density at radius 2 is 1.84 bits per heavy atom. The molecule has 0 aliphatic rings. The van der Waals surface area contributed by atoms with Crippen molar-refractivity contribution in [2.75, 3.05) is 26.9 Å². The minimum atomic E-state index is -0.777. The van der Waals surface area contributed by atoms with E-state index in [1.807, 2.05) is 20.8 Å². The first-order chi connectivity index (χ1) is 9.26. The lowest BCUT2D eigenvalue weighted by Gasteiger charge is -2.20. The zero-order chi connectivity index (χ0) is 14.1. The topological polar surface area (TPSA) is 46.2 Å². The van der Waals surface area contributed by atoms with E-state index < -0.39 is 6.48 Å². The monoisotopic (exact) mass is 269 g/mol. The van der Waals surface area contributed by atoms with Crippen LogP contribution in [0.15, 0.2) is 12.1 Å². The summed E-state index contributed by atoms with van der Waals surface area (Å²) in [6.45, 7) is 6.39. The standard InChI is InChI=1S/C14H21O5/c1-5-16-11-9-8-10-12(13(11)17-6-2)19-14(15-4)18-7-3/h8,10,14H,5-7H2,1-4H3. The smallest absolute Gasteiger partial charge is 0.315 e. The van der Waals surface area contributed by atoms with E-state index in [9.17, 15) is 0 Å². The third kappa shape index (κ3) is 4.61. The van der Waals surface area contributed by atoms with E-state index in [1.165, 1.54) is 7.11 Å². The van der Waals surface area contributed by atoms with Crippen molar-refractivity contribution in [2.24, 2.45) is 0 Å². The van der Waals surface area contributed by atoms with Gasteiger partial charge in [0.05, 0.1) is 19.8 Å². The first-order valence-corrected chi connectivity index (χ1v) is 6.38. The molecule has 0 amide bonds. The largest absolute Gasteiger partial charge is 0.489 e. The first kappa shape index (κ1) is 15.6. The van der Waals surface area contributed by atoms with Gasteiger partial charge in [-0.15, -0.1) is 0 Å². The van der Waals surface area contributed by atoms with Gasteiger partial charge in [-0.05, 0) is 32.9 Å². The molecule has 1 atom stereocenters. The molecule has 0 fully saturated rings. The van der Waals surface area contributed by atoms with Crippen LogP contribution in [0.3, 0.4) is 0 Å². The Balaban J connectivity index is 2.93. The van der Waals surface area contributed by atoms with E-state index >= 15 is 0 Å². The van der Waals surface area contributed by atoms with Gasteiger partial charge in [0.25, 0.3) is 0 Å². The molecular weight excluding hydrogens is 248 g/mol. The quantitative estimate of drug-likeness (QED) is 0.645. The van der Waals surface area contributed by atoms with Gasteiger partial charge in [0.2, 0.25) is 5.75 Å². The minimum absolute atomic E-state index is 0.486. The van der Waals surface area contributed by atoms with Crippen LogP contribution in [0.25, 0.3) is 0 Å². The molecule has 1 unspecified atom stereocenters. The van der Waals surface area contributed by atoms with Gasteiger partial charge >= 0.3 is 6.48 Å². The summed E-state index contributed by atoms with van der Waals surface area (Å²) in [6, 6.07) is 6.42. The lowest BCUT2D eigenvalue weighted by atomic mass is 10.3. The minimum Gasteiger partial charge on any atom is -0.489 e. The molecule has 1 radical (unpaired) electrons. The van der Waals surface area contributed by atoms with Gasteiger partial charge in [-0.25, -0.2) is 0 Å². The Bertz CT molecular complexity index is 367. The Labute approximate surface area is 114 Å². The second kappa shape index (κ2) is 8.61. The Hall–Kier alpha value is -1.46. The van der Waals surface area contributed by atoms with Crippen LogP contribution in [0.4, 0.5) is 0 Å². The van der Waals surface area contributed by atoms with Crippen LogP contribution in [0.1, 0.15) is 20.8 Å². The van der Waals surface area contributed by atoms with Crippen LogP contribution in [-0.4, -0.2) is 33.4 Å². The van der Waals surface area contributed by atoms with E-state index in [1.54, 1.807) is 12.1 Å². The zero-order valence-electron chi connectivity index (χ0n) is 11.9. The highest BCUT2D eigenvalue weighted by atomic mass is 16.8. The fourth-order valence-electron chi connectivity index (χ4n) is 1.46. The fourth-order valence-corrected chi connectivity index (χ4v) is 1.46. The predicted molar refractivity (Wildman–Crippen MR) is 70.7 cm³/mol. The van der Waals surface area contributed by atoms with Crippen molar-refractivity contribution in [1.29, 1.82) is 0 Å². The molecule has 0 aromatic heterocycles. The lowest BCUT2D eigenvalue weighted by Crippen LogP contribution is -2.23. The molecule has 0 bridgehead atoms. The number of hydrogen-bond acceptors (Lipinski definition) is 5. The van der Waals surface area contributed by atoms with Crippen LogP contribution in [0, 0.1) is 6.07 Å². The highest BCUT2D eigenvalue weighted by Crippen LogP contribution is 2.37. The van der Waals surface area contributed by atoms with Gasteiger partial charge < -0.3 is 23.7 Å². The summed E-state index contributed by atoms with van der Waals surface area (Å²) >= 11 is 0. The summed E-state index contributed by atoms with van der Waals surface area (Å²) in [4.78, 5) is 0. The summed E-state index contributed by atoms with van der Waals surface area (Å²) in [5.74, 6) is 1.53. The second-order valence-corrected chi connectivity index (χ2v) is 3.46. The van der Waals surface area contributed by atoms with E-state index in [0.717, 1.165) is 0 Å². The summed E-state index contributed by atoms with van der Waals surface area (Å²) in [5.41, 5.74) is 0. The molecule has 5 nitrogen and oxygen atoms in total. The van der Waals surface area contributed by atoms with Crippen molar-refractivity contribution in [3.8, 4) is 17.2 Å². The highest BCUT2D eigenvalue weighted by Gasteiger charge is 2.16. The summed E-state index contributed by atoms with van der Waals surface area (Å²) in [7, 11) is 1.51. The molecule has 0 spiro atoms. The second-order valence-electron chi connectivity index (χ2n) is 3.46. The molecular formula is C14H21O5. The zero-order valence-corrected chi connectivity index (χ0v) is 11.9. The van der Waals surface area contributed by atoms with E-state index in [0.29, 0.717) is 37.1 Å². The van der Waals surface area contributed by atoms with E-state index in [-0.39, 0.29) is 0 Å². The molecule has 0 saturated heterocycles. The predicted octanol–water partition coefficient (Wildman–Crippen LogP) is 2.63. The third-order valence-corrected chi connectivity index (χ3v) is 2.17. The van der Waals surface area contributed by atoms with Crippen LogP contribution >= 0.6 is 0 Å². The van der Waals surface area contributed by atoms with Gasteiger partial charge in [0.15, 0.2) is 11.5 Å². The van der Waals surface area contributed by atoms with Crippen molar-refractivity contribution in [3.05, 3.63) is 18.2 Å². The van der Waals surface area contributed by atoms with Crippen LogP contribution < -0.4 is 14.2 Å². The molecule has 1 aromatic carbocycles. The van der Waals surface area contributed by atoms with Gasteiger partial charge in [-0.2, -0.15) is 0 Å². The molecule has 19 heavy (non-hydrogen) atoms. The van der Waals surface area contributed by atoms with Crippen molar-refractivity contribution >= 4 is 0 Å². The summed E-state index contributed by atoms with van der Waals surface area (Å²) < 4.78 is 27.0. The average molecular weight is 269 g/mol. The van der Waals surface area contributed by atoms with Crippen LogP contribution in [0.2, 0.25) is 0 Å². The van der Waals surface area contributed by atoms with Crippen molar-refractivity contribution in [2.45, 2.75) is 27.2 Å². The van der Waals surface area contributed by atoms with Crippen molar-refractivity contribution < 1.29 is 23.7 Å². The Kier molecular flexibility index (Phi) is 7.07. The number of methoxy groups -OCH3 is 1. The van der Waals surface area contributed by atoms with Gasteiger partial charge in [0.1, 0.15) is 0 Å². The molecule has 0 aliphatic heterocycles. The number of rotatable bonds is 9. The third-order valence-electron chi connectivity index (χ3n) is 2.17. The highest BCUT2D eigenvalue weighted by molar-refractivity contribution is 5.50. The average Bonchev–Trinajstić information content (AvgIpc) is 2.42. The molecule has 107 valence electrons. The maximum Gasteiger partial charge on any atom is 0.315 e. The van der Waals surface area contributed by atoms with Gasteiger partial charge in [-0.3, -0.25) is 0 Å².